The molecule has 3 aromatic rings. The molecule has 0 unspecified atom stereocenters. The van der Waals surface area contributed by atoms with Crippen molar-refractivity contribution in [3.63, 3.8) is 0 Å². The second kappa shape index (κ2) is 12.0. The lowest BCUT2D eigenvalue weighted by molar-refractivity contribution is -0.123. The molecule has 32 heavy (non-hydrogen) atoms. The van der Waals surface area contributed by atoms with Gasteiger partial charge in [0.05, 0.1) is 13.3 Å². The van der Waals surface area contributed by atoms with Crippen LogP contribution in [0.1, 0.15) is 16.7 Å². The highest BCUT2D eigenvalue weighted by molar-refractivity contribution is 5.83. The number of hydrazone groups is 1. The SMILES string of the molecule is C=CCc1ccc(OCC(=O)N/N=C/c2cccc(OCc3ccccc3)c2)c(OC)c1. The number of carbonyl (C=O) groups is 1. The van der Waals surface area contributed by atoms with E-state index in [0.29, 0.717) is 18.1 Å². The summed E-state index contributed by atoms with van der Waals surface area (Å²) in [6.07, 6.45) is 4.09. The van der Waals surface area contributed by atoms with Crippen LogP contribution in [0.2, 0.25) is 0 Å². The quantitative estimate of drug-likeness (QED) is 0.276. The molecule has 1 amide bonds. The van der Waals surface area contributed by atoms with Crippen LogP contribution in [-0.4, -0.2) is 25.8 Å². The van der Waals surface area contributed by atoms with Crippen LogP contribution in [-0.2, 0) is 17.8 Å². The van der Waals surface area contributed by atoms with Gasteiger partial charge < -0.3 is 14.2 Å². The Labute approximate surface area is 188 Å². The lowest BCUT2D eigenvalue weighted by atomic mass is 10.1. The van der Waals surface area contributed by atoms with Gasteiger partial charge in [0.15, 0.2) is 18.1 Å². The summed E-state index contributed by atoms with van der Waals surface area (Å²) in [5.74, 6) is 1.39. The molecule has 0 saturated carbocycles. The Morgan fingerprint density at radius 1 is 0.969 bits per heavy atom. The summed E-state index contributed by atoms with van der Waals surface area (Å²) in [5, 5.41) is 3.99. The van der Waals surface area contributed by atoms with E-state index in [4.69, 9.17) is 14.2 Å². The Bertz CT molecular complexity index is 1060. The Balaban J connectivity index is 1.48. The minimum absolute atomic E-state index is 0.186. The number of nitrogens with one attached hydrogen (secondary N) is 1. The summed E-state index contributed by atoms with van der Waals surface area (Å²) in [5.41, 5.74) is 5.40. The molecule has 0 heterocycles. The van der Waals surface area contributed by atoms with Gasteiger partial charge in [-0.1, -0.05) is 54.6 Å². The molecule has 0 aromatic heterocycles. The van der Waals surface area contributed by atoms with Gasteiger partial charge in [0.25, 0.3) is 5.91 Å². The first-order valence-electron chi connectivity index (χ1n) is 10.2. The van der Waals surface area contributed by atoms with Crippen LogP contribution in [0, 0.1) is 0 Å². The van der Waals surface area contributed by atoms with Gasteiger partial charge in [-0.15, -0.1) is 6.58 Å². The molecule has 0 aliphatic heterocycles. The molecule has 3 aromatic carbocycles. The fourth-order valence-electron chi connectivity index (χ4n) is 2.90. The van der Waals surface area contributed by atoms with Crippen LogP contribution in [0.3, 0.4) is 0 Å². The fourth-order valence-corrected chi connectivity index (χ4v) is 2.90. The zero-order chi connectivity index (χ0) is 22.6. The van der Waals surface area contributed by atoms with Crippen molar-refractivity contribution in [1.29, 1.82) is 0 Å². The van der Waals surface area contributed by atoms with E-state index in [1.54, 1.807) is 19.4 Å². The molecule has 164 valence electrons. The largest absolute Gasteiger partial charge is 0.493 e. The van der Waals surface area contributed by atoms with Gasteiger partial charge in [0.1, 0.15) is 12.4 Å². The summed E-state index contributed by atoms with van der Waals surface area (Å²) in [7, 11) is 1.56. The molecular formula is C26H26N2O4. The molecule has 0 atom stereocenters. The second-order valence-corrected chi connectivity index (χ2v) is 6.91. The predicted octanol–water partition coefficient (Wildman–Crippen LogP) is 4.53. The molecule has 0 saturated heterocycles. The van der Waals surface area contributed by atoms with Crippen molar-refractivity contribution in [2.75, 3.05) is 13.7 Å². The lowest BCUT2D eigenvalue weighted by Gasteiger charge is -2.11. The van der Waals surface area contributed by atoms with Gasteiger partial charge in [-0.3, -0.25) is 4.79 Å². The van der Waals surface area contributed by atoms with Crippen LogP contribution in [0.5, 0.6) is 17.2 Å². The summed E-state index contributed by atoms with van der Waals surface area (Å²) in [6.45, 7) is 4.02. The Morgan fingerprint density at radius 3 is 2.59 bits per heavy atom. The van der Waals surface area contributed by atoms with Crippen LogP contribution in [0.15, 0.2) is 90.6 Å². The smallest absolute Gasteiger partial charge is 0.277 e. The van der Waals surface area contributed by atoms with Crippen molar-refractivity contribution >= 4 is 12.1 Å². The number of rotatable bonds is 11. The van der Waals surface area contributed by atoms with Crippen LogP contribution < -0.4 is 19.6 Å². The minimum atomic E-state index is -0.380. The highest BCUT2D eigenvalue weighted by Gasteiger charge is 2.08. The Morgan fingerprint density at radius 2 is 1.81 bits per heavy atom. The van der Waals surface area contributed by atoms with Crippen LogP contribution in [0.25, 0.3) is 0 Å². The minimum Gasteiger partial charge on any atom is -0.493 e. The maximum Gasteiger partial charge on any atom is 0.277 e. The second-order valence-electron chi connectivity index (χ2n) is 6.91. The predicted molar refractivity (Wildman–Crippen MR) is 125 cm³/mol. The third-order valence-corrected chi connectivity index (χ3v) is 4.48. The molecule has 6 heteroatoms. The summed E-state index contributed by atoms with van der Waals surface area (Å²) >= 11 is 0. The first kappa shape index (κ1) is 22.6. The first-order valence-corrected chi connectivity index (χ1v) is 10.2. The van der Waals surface area contributed by atoms with Crippen LogP contribution >= 0.6 is 0 Å². The molecule has 0 aliphatic carbocycles. The highest BCUT2D eigenvalue weighted by Crippen LogP contribution is 2.28. The Kier molecular flexibility index (Phi) is 8.45. The number of hydrogen-bond acceptors (Lipinski definition) is 5. The van der Waals surface area contributed by atoms with E-state index in [1.165, 1.54) is 0 Å². The standard InChI is InChI=1S/C26H26N2O4/c1-3-8-20-13-14-24(25(16-20)30-2)32-19-26(29)28-27-17-22-11-7-12-23(15-22)31-18-21-9-5-4-6-10-21/h3-7,9-17H,1,8,18-19H2,2H3,(H,28,29)/b27-17+. The number of ether oxygens (including phenoxy) is 3. The van der Waals surface area contributed by atoms with E-state index < -0.39 is 0 Å². The van der Waals surface area contributed by atoms with Gasteiger partial charge in [-0.05, 0) is 47.4 Å². The summed E-state index contributed by atoms with van der Waals surface area (Å²) < 4.78 is 16.7. The molecule has 3 rings (SSSR count). The molecule has 0 aliphatic rings. The molecule has 0 radical (unpaired) electrons. The number of methoxy groups -OCH3 is 1. The summed E-state index contributed by atoms with van der Waals surface area (Å²) in [4.78, 5) is 12.1. The van der Waals surface area contributed by atoms with E-state index in [0.717, 1.165) is 28.9 Å². The van der Waals surface area contributed by atoms with Gasteiger partial charge in [-0.2, -0.15) is 5.10 Å². The van der Waals surface area contributed by atoms with Crippen molar-refractivity contribution in [1.82, 2.24) is 5.43 Å². The molecule has 0 spiro atoms. The maximum absolute atomic E-state index is 12.1. The van der Waals surface area contributed by atoms with E-state index >= 15 is 0 Å². The van der Waals surface area contributed by atoms with E-state index in [2.05, 4.69) is 17.1 Å². The Hall–Kier alpha value is -4.06. The van der Waals surface area contributed by atoms with Crippen molar-refractivity contribution < 1.29 is 19.0 Å². The van der Waals surface area contributed by atoms with E-state index in [-0.39, 0.29) is 12.5 Å². The van der Waals surface area contributed by atoms with Crippen molar-refractivity contribution in [3.8, 4) is 17.2 Å². The topological polar surface area (TPSA) is 69.2 Å². The third kappa shape index (κ3) is 7.02. The van der Waals surface area contributed by atoms with E-state index in [1.807, 2.05) is 72.8 Å². The number of allylic oxidation sites excluding steroid dienone is 1. The van der Waals surface area contributed by atoms with Gasteiger partial charge in [0, 0.05) is 0 Å². The van der Waals surface area contributed by atoms with Crippen LogP contribution in [0.4, 0.5) is 0 Å². The number of benzene rings is 3. The molecule has 6 nitrogen and oxygen atoms in total. The van der Waals surface area contributed by atoms with Crippen molar-refractivity contribution in [2.45, 2.75) is 13.0 Å². The first-order chi connectivity index (χ1) is 15.7. The zero-order valence-corrected chi connectivity index (χ0v) is 18.0. The van der Waals surface area contributed by atoms with Gasteiger partial charge in [0.2, 0.25) is 0 Å². The fraction of sp³-hybridized carbons (Fsp3) is 0.154. The van der Waals surface area contributed by atoms with E-state index in [9.17, 15) is 4.79 Å². The average molecular weight is 431 g/mol. The van der Waals surface area contributed by atoms with Crippen molar-refractivity contribution in [3.05, 3.63) is 102 Å². The number of amides is 1. The lowest BCUT2D eigenvalue weighted by Crippen LogP contribution is -2.24. The number of hydrogen-bond donors (Lipinski definition) is 1. The van der Waals surface area contributed by atoms with Gasteiger partial charge >= 0.3 is 0 Å². The molecular weight excluding hydrogens is 404 g/mol. The summed E-state index contributed by atoms with van der Waals surface area (Å²) in [6, 6.07) is 22.9. The highest BCUT2D eigenvalue weighted by atomic mass is 16.5. The zero-order valence-electron chi connectivity index (χ0n) is 18.0. The molecule has 0 fully saturated rings. The normalized spacial score (nSPS) is 10.5. The number of carbonyl (C=O) groups excluding carboxylic acids is 1. The molecule has 0 bridgehead atoms. The van der Waals surface area contributed by atoms with Crippen molar-refractivity contribution in [2.24, 2.45) is 5.10 Å². The third-order valence-electron chi connectivity index (χ3n) is 4.48. The number of nitrogens with zero attached hydrogens (tertiary/aromatic N) is 1. The van der Waals surface area contributed by atoms with Gasteiger partial charge in [-0.25, -0.2) is 5.43 Å². The maximum atomic E-state index is 12.1. The average Bonchev–Trinajstić information content (AvgIpc) is 2.83. The molecule has 1 N–H and O–H groups in total. The monoisotopic (exact) mass is 430 g/mol.